The van der Waals surface area contributed by atoms with E-state index in [1.54, 1.807) is 7.05 Å². The van der Waals surface area contributed by atoms with Gasteiger partial charge in [0.1, 0.15) is 6.10 Å². The largest absolute Gasteiger partial charge is 0.463 e. The van der Waals surface area contributed by atoms with Crippen molar-refractivity contribution in [3.05, 3.63) is 35.4 Å². The van der Waals surface area contributed by atoms with E-state index in [2.05, 4.69) is 10.9 Å². The van der Waals surface area contributed by atoms with Crippen molar-refractivity contribution in [2.24, 2.45) is 5.41 Å². The SMILES string of the molecule is CNNC(=O)[C@](C)(CCCC(C)(C)CS(=O)(=O)CCO)c1cccc(C[C@H](C)OC(C)=O)c1. The van der Waals surface area contributed by atoms with Gasteiger partial charge in [0.15, 0.2) is 9.84 Å². The van der Waals surface area contributed by atoms with E-state index in [-0.39, 0.29) is 36.1 Å². The molecule has 1 aromatic carbocycles. The molecule has 0 spiro atoms. The summed E-state index contributed by atoms with van der Waals surface area (Å²) in [4.78, 5) is 24.3. The highest BCUT2D eigenvalue weighted by atomic mass is 32.2. The monoisotopic (exact) mass is 484 g/mol. The zero-order valence-corrected chi connectivity index (χ0v) is 21.5. The average Bonchev–Trinajstić information content (AvgIpc) is 2.66. The van der Waals surface area contributed by atoms with E-state index >= 15 is 0 Å². The lowest BCUT2D eigenvalue weighted by Gasteiger charge is -2.31. The standard InChI is InChI=1S/C24H40N2O6S/c1-18(32-19(2)28)15-20-9-7-10-21(16-20)24(5,22(29)26-25-6)12-8-11-23(3,4)17-33(30,31)14-13-27/h7,9-10,16,18,25,27H,8,11-15,17H2,1-6H3,(H,26,29)/t18-,24+/m0/s1. The third kappa shape index (κ3) is 9.81. The smallest absolute Gasteiger partial charge is 0.302 e. The Kier molecular flexibility index (Phi) is 11.0. The number of aliphatic hydroxyl groups is 1. The summed E-state index contributed by atoms with van der Waals surface area (Å²) >= 11 is 0. The van der Waals surface area contributed by atoms with Crippen molar-refractivity contribution >= 4 is 21.7 Å². The molecule has 0 heterocycles. The van der Waals surface area contributed by atoms with E-state index in [9.17, 15) is 18.0 Å². The lowest BCUT2D eigenvalue weighted by Crippen LogP contribution is -2.47. The minimum Gasteiger partial charge on any atom is -0.463 e. The second-order valence-electron chi connectivity index (χ2n) is 9.69. The molecule has 0 radical (unpaired) electrons. The molecule has 3 N–H and O–H groups in total. The Morgan fingerprint density at radius 2 is 1.85 bits per heavy atom. The summed E-state index contributed by atoms with van der Waals surface area (Å²) in [7, 11) is -1.70. The Balaban J connectivity index is 3.04. The quantitative estimate of drug-likeness (QED) is 0.274. The van der Waals surface area contributed by atoms with E-state index < -0.39 is 20.7 Å². The molecule has 0 bridgehead atoms. The van der Waals surface area contributed by atoms with E-state index in [1.165, 1.54) is 6.92 Å². The molecule has 0 saturated heterocycles. The predicted molar refractivity (Wildman–Crippen MR) is 129 cm³/mol. The second-order valence-corrected chi connectivity index (χ2v) is 11.9. The van der Waals surface area contributed by atoms with Crippen LogP contribution in [0.5, 0.6) is 0 Å². The van der Waals surface area contributed by atoms with Crippen LogP contribution in [0.15, 0.2) is 24.3 Å². The van der Waals surface area contributed by atoms with E-state index in [0.29, 0.717) is 25.7 Å². The molecule has 1 rings (SSSR count). The summed E-state index contributed by atoms with van der Waals surface area (Å²) in [5.41, 5.74) is 5.87. The van der Waals surface area contributed by atoms with Gasteiger partial charge >= 0.3 is 5.97 Å². The molecule has 9 heteroatoms. The van der Waals surface area contributed by atoms with Crippen molar-refractivity contribution in [2.45, 2.75) is 71.8 Å². The minimum atomic E-state index is -3.33. The molecule has 188 valence electrons. The van der Waals surface area contributed by atoms with Crippen molar-refractivity contribution < 1.29 is 27.9 Å². The number of carbonyl (C=O) groups is 2. The summed E-state index contributed by atoms with van der Waals surface area (Å²) < 4.78 is 29.5. The Morgan fingerprint density at radius 1 is 1.18 bits per heavy atom. The van der Waals surface area contributed by atoms with Gasteiger partial charge in [-0.25, -0.2) is 13.8 Å². The number of ether oxygens (including phenoxy) is 1. The van der Waals surface area contributed by atoms with Crippen LogP contribution in [0, 0.1) is 5.41 Å². The van der Waals surface area contributed by atoms with Gasteiger partial charge in [-0.15, -0.1) is 0 Å². The highest BCUT2D eigenvalue weighted by molar-refractivity contribution is 7.91. The Morgan fingerprint density at radius 3 is 2.42 bits per heavy atom. The number of benzene rings is 1. The van der Waals surface area contributed by atoms with Crippen molar-refractivity contribution in [3.8, 4) is 0 Å². The van der Waals surface area contributed by atoms with Gasteiger partial charge in [0.2, 0.25) is 5.91 Å². The first kappa shape index (κ1) is 29.1. The van der Waals surface area contributed by atoms with Crippen LogP contribution in [0.2, 0.25) is 0 Å². The number of carbonyl (C=O) groups excluding carboxylic acids is 2. The lowest BCUT2D eigenvalue weighted by atomic mass is 9.75. The van der Waals surface area contributed by atoms with Crippen LogP contribution in [0.1, 0.15) is 65.0 Å². The van der Waals surface area contributed by atoms with Gasteiger partial charge in [0, 0.05) is 20.4 Å². The molecular weight excluding hydrogens is 444 g/mol. The van der Waals surface area contributed by atoms with E-state index in [0.717, 1.165) is 11.1 Å². The van der Waals surface area contributed by atoms with Crippen molar-refractivity contribution in [2.75, 3.05) is 25.2 Å². The first-order chi connectivity index (χ1) is 15.2. The zero-order chi connectivity index (χ0) is 25.3. The maximum absolute atomic E-state index is 13.0. The summed E-state index contributed by atoms with van der Waals surface area (Å²) in [5.74, 6) is -0.762. The highest BCUT2D eigenvalue weighted by Crippen LogP contribution is 2.34. The molecule has 0 aliphatic rings. The van der Waals surface area contributed by atoms with Crippen molar-refractivity contribution in [1.82, 2.24) is 10.9 Å². The first-order valence-electron chi connectivity index (χ1n) is 11.3. The number of hydrazine groups is 1. The van der Waals surface area contributed by atoms with Gasteiger partial charge in [-0.3, -0.25) is 15.0 Å². The van der Waals surface area contributed by atoms with Gasteiger partial charge in [0.25, 0.3) is 0 Å². The Hall–Kier alpha value is -1.97. The summed E-state index contributed by atoms with van der Waals surface area (Å²) in [6.45, 7) is 8.49. The van der Waals surface area contributed by atoms with Crippen LogP contribution in [0.25, 0.3) is 0 Å². The maximum Gasteiger partial charge on any atom is 0.302 e. The zero-order valence-electron chi connectivity index (χ0n) is 20.7. The number of sulfone groups is 1. The molecule has 1 amide bonds. The molecule has 0 aliphatic carbocycles. The molecule has 8 nitrogen and oxygen atoms in total. The van der Waals surface area contributed by atoms with Gasteiger partial charge in [-0.1, -0.05) is 44.5 Å². The molecule has 1 aromatic rings. The number of hydrogen-bond donors (Lipinski definition) is 3. The fourth-order valence-electron chi connectivity index (χ4n) is 4.14. The molecule has 0 fully saturated rings. The van der Waals surface area contributed by atoms with Crippen molar-refractivity contribution in [1.29, 1.82) is 0 Å². The number of nitrogens with one attached hydrogen (secondary N) is 2. The molecule has 33 heavy (non-hydrogen) atoms. The van der Waals surface area contributed by atoms with Gasteiger partial charge < -0.3 is 9.84 Å². The molecule has 0 saturated carbocycles. The number of rotatable bonds is 14. The Labute approximate surface area is 198 Å². The highest BCUT2D eigenvalue weighted by Gasteiger charge is 2.36. The lowest BCUT2D eigenvalue weighted by molar-refractivity contribution is -0.145. The third-order valence-electron chi connectivity index (χ3n) is 5.74. The molecule has 0 unspecified atom stereocenters. The maximum atomic E-state index is 13.0. The third-order valence-corrected chi connectivity index (χ3v) is 7.76. The minimum absolute atomic E-state index is 0.0104. The average molecular weight is 485 g/mol. The van der Waals surface area contributed by atoms with Crippen LogP contribution >= 0.6 is 0 Å². The van der Waals surface area contributed by atoms with Crippen molar-refractivity contribution in [3.63, 3.8) is 0 Å². The summed E-state index contributed by atoms with van der Waals surface area (Å²) in [6, 6.07) is 7.70. The summed E-state index contributed by atoms with van der Waals surface area (Å²) in [6.07, 6.45) is 2.03. The molecular formula is C24H40N2O6S. The predicted octanol–water partition coefficient (Wildman–Crippen LogP) is 2.29. The molecule has 0 aromatic heterocycles. The number of hydrogen-bond acceptors (Lipinski definition) is 7. The van der Waals surface area contributed by atoms with Crippen LogP contribution in [-0.4, -0.2) is 56.7 Å². The van der Waals surface area contributed by atoms with E-state index in [4.69, 9.17) is 9.84 Å². The van der Waals surface area contributed by atoms with Crippen LogP contribution < -0.4 is 10.9 Å². The van der Waals surface area contributed by atoms with Crippen LogP contribution in [0.3, 0.4) is 0 Å². The second kappa shape index (κ2) is 12.5. The number of amides is 1. The van der Waals surface area contributed by atoms with Crippen LogP contribution in [0.4, 0.5) is 0 Å². The number of esters is 1. The molecule has 0 aliphatic heterocycles. The Bertz CT molecular complexity index is 900. The van der Waals surface area contributed by atoms with Gasteiger partial charge in [-0.05, 0) is 43.2 Å². The first-order valence-corrected chi connectivity index (χ1v) is 13.1. The normalized spacial score (nSPS) is 14.9. The molecule has 2 atom stereocenters. The number of aliphatic hydroxyl groups excluding tert-OH is 1. The van der Waals surface area contributed by atoms with Gasteiger partial charge in [0.05, 0.1) is 23.5 Å². The summed E-state index contributed by atoms with van der Waals surface area (Å²) in [5, 5.41) is 8.98. The topological polar surface area (TPSA) is 122 Å². The van der Waals surface area contributed by atoms with Crippen LogP contribution in [-0.2, 0) is 36.0 Å². The van der Waals surface area contributed by atoms with Gasteiger partial charge in [-0.2, -0.15) is 0 Å². The fraction of sp³-hybridized carbons (Fsp3) is 0.667. The van der Waals surface area contributed by atoms with E-state index in [1.807, 2.05) is 52.0 Å². The fourth-order valence-corrected chi connectivity index (χ4v) is 5.90.